The van der Waals surface area contributed by atoms with Crippen molar-refractivity contribution in [2.45, 2.75) is 52.5 Å². The quantitative estimate of drug-likeness (QED) is 0.178. The van der Waals surface area contributed by atoms with E-state index in [-0.39, 0.29) is 12.3 Å². The smallest absolute Gasteiger partial charge is 0.393 e. The number of cyclic esters (lactones) is 2. The monoisotopic (exact) mass is 344 g/mol. The van der Waals surface area contributed by atoms with E-state index in [9.17, 15) is 9.59 Å². The standard InChI is InChI=1S/C16H28O6Si/c1-4-19-23(20-5-2,21-6-3)12-10-8-7-9-11-14-13-15(17)22-16(14)18/h7,9,14H,4-6,8,10-13H2,1-3H3/b9-7+. The van der Waals surface area contributed by atoms with Gasteiger partial charge in [-0.2, -0.15) is 0 Å². The fourth-order valence-electron chi connectivity index (χ4n) is 2.52. The lowest BCUT2D eigenvalue weighted by Gasteiger charge is -2.28. The van der Waals surface area contributed by atoms with Gasteiger partial charge in [0.25, 0.3) is 0 Å². The second-order valence-electron chi connectivity index (χ2n) is 5.28. The molecule has 0 aromatic heterocycles. The van der Waals surface area contributed by atoms with E-state index in [0.717, 1.165) is 18.9 Å². The molecular formula is C16H28O6Si. The van der Waals surface area contributed by atoms with Crippen LogP contribution in [-0.4, -0.2) is 40.6 Å². The molecule has 1 heterocycles. The third-order valence-electron chi connectivity index (χ3n) is 3.49. The maximum absolute atomic E-state index is 11.3. The zero-order chi connectivity index (χ0) is 17.1. The van der Waals surface area contributed by atoms with Gasteiger partial charge in [0.2, 0.25) is 0 Å². The van der Waals surface area contributed by atoms with E-state index < -0.39 is 20.7 Å². The van der Waals surface area contributed by atoms with E-state index in [1.807, 2.05) is 32.9 Å². The minimum absolute atomic E-state index is 0.193. The summed E-state index contributed by atoms with van der Waals surface area (Å²) in [6.45, 7) is 7.59. The van der Waals surface area contributed by atoms with Crippen LogP contribution in [0.3, 0.4) is 0 Å². The highest BCUT2D eigenvalue weighted by Crippen LogP contribution is 2.21. The maximum atomic E-state index is 11.3. The van der Waals surface area contributed by atoms with Crippen LogP contribution in [0.15, 0.2) is 12.2 Å². The summed E-state index contributed by atoms with van der Waals surface area (Å²) in [6.07, 6.45) is 6.47. The highest BCUT2D eigenvalue weighted by molar-refractivity contribution is 6.60. The molecule has 1 aliphatic rings. The fraction of sp³-hybridized carbons (Fsp3) is 0.750. The van der Waals surface area contributed by atoms with E-state index in [1.165, 1.54) is 0 Å². The Bertz CT molecular complexity index is 392. The minimum Gasteiger partial charge on any atom is -0.393 e. The van der Waals surface area contributed by atoms with Crippen molar-refractivity contribution in [3.05, 3.63) is 12.2 Å². The Morgan fingerprint density at radius 2 is 1.70 bits per heavy atom. The van der Waals surface area contributed by atoms with Crippen molar-refractivity contribution in [1.29, 1.82) is 0 Å². The summed E-state index contributed by atoms with van der Waals surface area (Å²) in [5, 5.41) is 0. The van der Waals surface area contributed by atoms with Gasteiger partial charge in [0, 0.05) is 25.9 Å². The topological polar surface area (TPSA) is 71.1 Å². The van der Waals surface area contributed by atoms with Crippen LogP contribution in [0.4, 0.5) is 0 Å². The highest BCUT2D eigenvalue weighted by Gasteiger charge is 2.39. The van der Waals surface area contributed by atoms with Gasteiger partial charge in [0.05, 0.1) is 12.3 Å². The highest BCUT2D eigenvalue weighted by atomic mass is 28.4. The SMILES string of the molecule is CCO[Si](CCC/C=C/CC1CC(=O)OC1=O)(OCC)OCC. The zero-order valence-electron chi connectivity index (χ0n) is 14.3. The van der Waals surface area contributed by atoms with Gasteiger partial charge < -0.3 is 18.0 Å². The molecule has 0 aromatic carbocycles. The molecule has 1 fully saturated rings. The number of carbonyl (C=O) groups excluding carboxylic acids is 2. The van der Waals surface area contributed by atoms with Gasteiger partial charge in [0.15, 0.2) is 0 Å². The Morgan fingerprint density at radius 3 is 2.17 bits per heavy atom. The van der Waals surface area contributed by atoms with E-state index in [0.29, 0.717) is 26.2 Å². The molecule has 0 radical (unpaired) electrons. The molecule has 23 heavy (non-hydrogen) atoms. The van der Waals surface area contributed by atoms with Gasteiger partial charge in [-0.3, -0.25) is 9.59 Å². The molecule has 0 aliphatic carbocycles. The molecule has 0 aromatic rings. The molecule has 1 rings (SSSR count). The third-order valence-corrected chi connectivity index (χ3v) is 6.65. The Hall–Kier alpha value is -1.02. The lowest BCUT2D eigenvalue weighted by atomic mass is 10.0. The van der Waals surface area contributed by atoms with E-state index in [4.69, 9.17) is 13.3 Å². The summed E-state index contributed by atoms with van der Waals surface area (Å²) in [6, 6.07) is 0.775. The molecule has 1 saturated heterocycles. The van der Waals surface area contributed by atoms with Gasteiger partial charge in [-0.25, -0.2) is 0 Å². The summed E-state index contributed by atoms with van der Waals surface area (Å²) in [5.74, 6) is -1.15. The number of unbranched alkanes of at least 4 members (excludes halogenated alkanes) is 1. The Balaban J connectivity index is 2.33. The van der Waals surface area contributed by atoms with Crippen LogP contribution < -0.4 is 0 Å². The summed E-state index contributed by atoms with van der Waals surface area (Å²) in [4.78, 5) is 22.3. The van der Waals surface area contributed by atoms with Gasteiger partial charge in [-0.1, -0.05) is 12.2 Å². The fourth-order valence-corrected chi connectivity index (χ4v) is 5.16. The first-order valence-electron chi connectivity index (χ1n) is 8.38. The first-order chi connectivity index (χ1) is 11.1. The molecule has 6 nitrogen and oxygen atoms in total. The van der Waals surface area contributed by atoms with Gasteiger partial charge in [-0.05, 0) is 40.0 Å². The number of hydrogen-bond acceptors (Lipinski definition) is 6. The summed E-state index contributed by atoms with van der Waals surface area (Å²) in [7, 11) is -2.55. The minimum atomic E-state index is -2.55. The van der Waals surface area contributed by atoms with Gasteiger partial charge >= 0.3 is 20.7 Å². The van der Waals surface area contributed by atoms with Crippen LogP contribution in [0.2, 0.25) is 6.04 Å². The number of allylic oxidation sites excluding steroid dienone is 2. The van der Waals surface area contributed by atoms with Crippen molar-refractivity contribution in [2.75, 3.05) is 19.8 Å². The molecule has 0 spiro atoms. The predicted octanol–water partition coefficient (Wildman–Crippen LogP) is 2.85. The Labute approximate surface area is 139 Å². The Kier molecular flexibility index (Phi) is 9.31. The van der Waals surface area contributed by atoms with Crippen LogP contribution >= 0.6 is 0 Å². The number of rotatable bonds is 12. The molecule has 0 saturated carbocycles. The molecule has 0 amide bonds. The average molecular weight is 344 g/mol. The van der Waals surface area contributed by atoms with Gasteiger partial charge in [0.1, 0.15) is 0 Å². The molecule has 1 atom stereocenters. The number of ether oxygens (including phenoxy) is 1. The van der Waals surface area contributed by atoms with Crippen LogP contribution in [0, 0.1) is 5.92 Å². The first kappa shape index (κ1) is 20.0. The summed E-state index contributed by atoms with van der Waals surface area (Å²) in [5.41, 5.74) is 0. The molecule has 132 valence electrons. The van der Waals surface area contributed by atoms with Crippen molar-refractivity contribution < 1.29 is 27.6 Å². The lowest BCUT2D eigenvalue weighted by molar-refractivity contribution is -0.153. The predicted molar refractivity (Wildman–Crippen MR) is 87.6 cm³/mol. The number of carbonyl (C=O) groups is 2. The average Bonchev–Trinajstić information content (AvgIpc) is 2.81. The zero-order valence-corrected chi connectivity index (χ0v) is 15.3. The summed E-state index contributed by atoms with van der Waals surface area (Å²) >= 11 is 0. The van der Waals surface area contributed by atoms with Crippen molar-refractivity contribution in [2.24, 2.45) is 5.92 Å². The van der Waals surface area contributed by atoms with Crippen LogP contribution in [0.5, 0.6) is 0 Å². The van der Waals surface area contributed by atoms with E-state index in [2.05, 4.69) is 4.74 Å². The largest absolute Gasteiger partial charge is 0.500 e. The Morgan fingerprint density at radius 1 is 1.09 bits per heavy atom. The van der Waals surface area contributed by atoms with Crippen LogP contribution in [0.1, 0.15) is 46.5 Å². The lowest BCUT2D eigenvalue weighted by Crippen LogP contribution is -2.45. The molecular weight excluding hydrogens is 316 g/mol. The van der Waals surface area contributed by atoms with E-state index >= 15 is 0 Å². The van der Waals surface area contributed by atoms with E-state index in [1.54, 1.807) is 0 Å². The van der Waals surface area contributed by atoms with Crippen molar-refractivity contribution in [3.63, 3.8) is 0 Å². The van der Waals surface area contributed by atoms with Crippen molar-refractivity contribution in [3.8, 4) is 0 Å². The molecule has 0 bridgehead atoms. The van der Waals surface area contributed by atoms with Crippen LogP contribution in [-0.2, 0) is 27.6 Å². The van der Waals surface area contributed by atoms with Crippen molar-refractivity contribution >= 4 is 20.7 Å². The number of esters is 2. The summed E-state index contributed by atoms with van der Waals surface area (Å²) < 4.78 is 21.9. The van der Waals surface area contributed by atoms with Crippen molar-refractivity contribution in [1.82, 2.24) is 0 Å². The maximum Gasteiger partial charge on any atom is 0.500 e. The first-order valence-corrected chi connectivity index (χ1v) is 10.3. The number of hydrogen-bond donors (Lipinski definition) is 0. The second-order valence-corrected chi connectivity index (χ2v) is 8.01. The molecule has 7 heteroatoms. The molecule has 1 aliphatic heterocycles. The third kappa shape index (κ3) is 6.95. The second kappa shape index (κ2) is 10.7. The molecule has 0 N–H and O–H groups in total. The van der Waals surface area contributed by atoms with Gasteiger partial charge in [-0.15, -0.1) is 0 Å². The van der Waals surface area contributed by atoms with Crippen LogP contribution in [0.25, 0.3) is 0 Å². The normalized spacial score (nSPS) is 18.8. The molecule has 1 unspecified atom stereocenters.